The molecular weight excluding hydrogens is 239 g/mol. The second-order valence-electron chi connectivity index (χ2n) is 3.85. The number of halogens is 1. The summed E-state index contributed by atoms with van der Waals surface area (Å²) in [7, 11) is 0. The van der Waals surface area contributed by atoms with Crippen LogP contribution in [0.25, 0.3) is 0 Å². The summed E-state index contributed by atoms with van der Waals surface area (Å²) in [5.74, 6) is -2.41. The smallest absolute Gasteiger partial charge is 0.323 e. The van der Waals surface area contributed by atoms with E-state index in [1.807, 2.05) is 6.92 Å². The van der Waals surface area contributed by atoms with E-state index in [2.05, 4.69) is 0 Å². The largest absolute Gasteiger partial charge is 0.480 e. The van der Waals surface area contributed by atoms with Crippen LogP contribution in [0.4, 0.5) is 10.1 Å². The molecule has 18 heavy (non-hydrogen) atoms. The fraction of sp³-hybridized carbons (Fsp3) is 0.333. The second kappa shape index (κ2) is 6.00. The number of nitrogens with zero attached hydrogens (tertiary/aromatic N) is 1. The van der Waals surface area contributed by atoms with Gasteiger partial charge >= 0.3 is 5.97 Å². The van der Waals surface area contributed by atoms with E-state index in [9.17, 15) is 14.0 Å². The quantitative estimate of drug-likeness (QED) is 0.799. The Morgan fingerprint density at radius 3 is 2.56 bits per heavy atom. The molecule has 0 aromatic heterocycles. The van der Waals surface area contributed by atoms with Gasteiger partial charge in [-0.15, -0.1) is 0 Å². The molecule has 0 heterocycles. The van der Waals surface area contributed by atoms with Crippen LogP contribution in [0, 0.1) is 5.82 Å². The van der Waals surface area contributed by atoms with Crippen molar-refractivity contribution in [2.24, 2.45) is 5.73 Å². The minimum Gasteiger partial charge on any atom is -0.480 e. The number of hydrogen-bond acceptors (Lipinski definition) is 3. The topological polar surface area (TPSA) is 83.6 Å². The molecule has 6 heteroatoms. The van der Waals surface area contributed by atoms with Gasteiger partial charge in [0, 0.05) is 12.1 Å². The lowest BCUT2D eigenvalue weighted by Crippen LogP contribution is -2.31. The molecule has 98 valence electrons. The molecule has 1 amide bonds. The van der Waals surface area contributed by atoms with Gasteiger partial charge in [0.05, 0.1) is 5.69 Å². The normalized spacial score (nSPS) is 10.1. The Hall–Kier alpha value is -2.11. The Kier molecular flexibility index (Phi) is 4.65. The van der Waals surface area contributed by atoms with Crippen LogP contribution >= 0.6 is 0 Å². The predicted octanol–water partition coefficient (Wildman–Crippen LogP) is 1.23. The molecule has 0 radical (unpaired) electrons. The lowest BCUT2D eigenvalue weighted by atomic mass is 10.1. The summed E-state index contributed by atoms with van der Waals surface area (Å²) in [5.41, 5.74) is 5.25. The number of hydrogen-bond donors (Lipinski definition) is 2. The average molecular weight is 254 g/mol. The summed E-state index contributed by atoms with van der Waals surface area (Å²) in [6, 6.07) is 3.77. The molecule has 0 bridgehead atoms. The number of aliphatic carboxylic acids is 1. The molecule has 1 rings (SSSR count). The molecule has 1 aromatic carbocycles. The number of benzene rings is 1. The first kappa shape index (κ1) is 14.0. The van der Waals surface area contributed by atoms with Gasteiger partial charge in [0.1, 0.15) is 12.4 Å². The number of amides is 1. The third-order valence-corrected chi connectivity index (χ3v) is 2.39. The van der Waals surface area contributed by atoms with E-state index in [1.54, 1.807) is 0 Å². The Morgan fingerprint density at radius 1 is 1.44 bits per heavy atom. The van der Waals surface area contributed by atoms with Gasteiger partial charge in [-0.25, -0.2) is 4.39 Å². The summed E-state index contributed by atoms with van der Waals surface area (Å²) in [5, 5.41) is 8.77. The highest BCUT2D eigenvalue weighted by Crippen LogP contribution is 2.20. The van der Waals surface area contributed by atoms with Crippen molar-refractivity contribution >= 4 is 17.6 Å². The Labute approximate surface area is 104 Å². The van der Waals surface area contributed by atoms with Crippen molar-refractivity contribution in [2.45, 2.75) is 13.3 Å². The van der Waals surface area contributed by atoms with E-state index in [0.29, 0.717) is 13.0 Å². The molecule has 0 aliphatic carbocycles. The molecule has 1 aromatic rings. The standard InChI is InChI=1S/C12H15FN2O3/c1-2-5-15(7-11(16)17)10-4-3-8(12(14)18)6-9(10)13/h3-4,6H,2,5,7H2,1H3,(H2,14,18)(H,16,17). The van der Waals surface area contributed by atoms with E-state index in [0.717, 1.165) is 6.07 Å². The number of nitrogens with two attached hydrogens (primary N) is 1. The molecule has 0 atom stereocenters. The lowest BCUT2D eigenvalue weighted by molar-refractivity contribution is -0.135. The number of carbonyl (C=O) groups is 2. The van der Waals surface area contributed by atoms with Crippen molar-refractivity contribution in [3.05, 3.63) is 29.6 Å². The zero-order valence-electron chi connectivity index (χ0n) is 10.0. The van der Waals surface area contributed by atoms with Gasteiger partial charge in [-0.1, -0.05) is 6.92 Å². The first-order valence-electron chi connectivity index (χ1n) is 5.51. The van der Waals surface area contributed by atoms with Crippen molar-refractivity contribution in [2.75, 3.05) is 18.0 Å². The maximum atomic E-state index is 13.8. The molecule has 0 aliphatic heterocycles. The fourth-order valence-electron chi connectivity index (χ4n) is 1.63. The number of carboxylic acid groups (broad SMARTS) is 1. The highest BCUT2D eigenvalue weighted by Gasteiger charge is 2.15. The number of rotatable bonds is 6. The van der Waals surface area contributed by atoms with E-state index in [4.69, 9.17) is 10.8 Å². The predicted molar refractivity (Wildman–Crippen MR) is 65.1 cm³/mol. The summed E-state index contributed by atoms with van der Waals surface area (Å²) < 4.78 is 13.8. The van der Waals surface area contributed by atoms with Gasteiger partial charge in [0.15, 0.2) is 0 Å². The first-order valence-corrected chi connectivity index (χ1v) is 5.51. The number of anilines is 1. The number of carbonyl (C=O) groups excluding carboxylic acids is 1. The van der Waals surface area contributed by atoms with Crippen LogP contribution in [0.15, 0.2) is 18.2 Å². The molecule has 0 unspecified atom stereocenters. The third-order valence-electron chi connectivity index (χ3n) is 2.39. The minimum atomic E-state index is -1.04. The Morgan fingerprint density at radius 2 is 2.11 bits per heavy atom. The van der Waals surface area contributed by atoms with Crippen molar-refractivity contribution < 1.29 is 19.1 Å². The van der Waals surface area contributed by atoms with Crippen LogP contribution in [0.2, 0.25) is 0 Å². The highest BCUT2D eigenvalue weighted by atomic mass is 19.1. The van der Waals surface area contributed by atoms with Crippen molar-refractivity contribution in [1.82, 2.24) is 0 Å². The Bertz CT molecular complexity index is 463. The van der Waals surface area contributed by atoms with Gasteiger partial charge < -0.3 is 15.7 Å². The van der Waals surface area contributed by atoms with E-state index < -0.39 is 17.7 Å². The van der Waals surface area contributed by atoms with Gasteiger partial charge in [-0.3, -0.25) is 9.59 Å². The van der Waals surface area contributed by atoms with Gasteiger partial charge in [-0.2, -0.15) is 0 Å². The molecule has 5 nitrogen and oxygen atoms in total. The Balaban J connectivity index is 3.04. The summed E-state index contributed by atoms with van der Waals surface area (Å²) >= 11 is 0. The molecular formula is C12H15FN2O3. The van der Waals surface area contributed by atoms with Crippen LogP contribution in [-0.4, -0.2) is 30.1 Å². The molecule has 0 saturated carbocycles. The molecule has 0 spiro atoms. The highest BCUT2D eigenvalue weighted by molar-refractivity contribution is 5.93. The van der Waals surface area contributed by atoms with Crippen molar-refractivity contribution in [1.29, 1.82) is 0 Å². The molecule has 0 fully saturated rings. The first-order chi connectivity index (χ1) is 8.45. The maximum Gasteiger partial charge on any atom is 0.323 e. The fourth-order valence-corrected chi connectivity index (χ4v) is 1.63. The minimum absolute atomic E-state index is 0.0584. The van der Waals surface area contributed by atoms with Crippen LogP contribution in [-0.2, 0) is 4.79 Å². The lowest BCUT2D eigenvalue weighted by Gasteiger charge is -2.22. The zero-order chi connectivity index (χ0) is 13.7. The SMILES string of the molecule is CCCN(CC(=O)O)c1ccc(C(N)=O)cc1F. The summed E-state index contributed by atoms with van der Waals surface area (Å²) in [6.07, 6.45) is 0.685. The summed E-state index contributed by atoms with van der Waals surface area (Å²) in [6.45, 7) is 1.99. The van der Waals surface area contributed by atoms with Gasteiger partial charge in [-0.05, 0) is 24.6 Å². The molecule has 3 N–H and O–H groups in total. The van der Waals surface area contributed by atoms with Crippen LogP contribution in [0.1, 0.15) is 23.7 Å². The van der Waals surface area contributed by atoms with Crippen molar-refractivity contribution in [3.63, 3.8) is 0 Å². The monoisotopic (exact) mass is 254 g/mol. The van der Waals surface area contributed by atoms with Gasteiger partial charge in [0.2, 0.25) is 5.91 Å². The van der Waals surface area contributed by atoms with Crippen LogP contribution in [0.3, 0.4) is 0 Å². The molecule has 0 aliphatic rings. The summed E-state index contributed by atoms with van der Waals surface area (Å²) in [4.78, 5) is 23.0. The van der Waals surface area contributed by atoms with Gasteiger partial charge in [0.25, 0.3) is 0 Å². The van der Waals surface area contributed by atoms with E-state index in [-0.39, 0.29) is 17.8 Å². The van der Waals surface area contributed by atoms with Crippen LogP contribution < -0.4 is 10.6 Å². The van der Waals surface area contributed by atoms with Crippen LogP contribution in [0.5, 0.6) is 0 Å². The maximum absolute atomic E-state index is 13.8. The van der Waals surface area contributed by atoms with E-state index in [1.165, 1.54) is 17.0 Å². The van der Waals surface area contributed by atoms with Crippen molar-refractivity contribution in [3.8, 4) is 0 Å². The third kappa shape index (κ3) is 3.44. The number of primary amides is 1. The number of carboxylic acids is 1. The zero-order valence-corrected chi connectivity index (χ0v) is 10.0. The average Bonchev–Trinajstić information content (AvgIpc) is 2.27. The second-order valence-corrected chi connectivity index (χ2v) is 3.85. The van der Waals surface area contributed by atoms with E-state index >= 15 is 0 Å². The molecule has 0 saturated heterocycles.